The highest BCUT2D eigenvalue weighted by atomic mass is 28.2. The molecule has 2 unspecified atom stereocenters. The van der Waals surface area contributed by atoms with Crippen molar-refractivity contribution in [3.8, 4) is 0 Å². The molecule has 0 rings (SSSR count). The molecule has 0 bridgehead atoms. The Morgan fingerprint density at radius 1 is 1.27 bits per heavy atom. The van der Waals surface area contributed by atoms with Crippen LogP contribution in [0.3, 0.4) is 0 Å². The zero-order chi connectivity index (χ0) is 11.9. The summed E-state index contributed by atoms with van der Waals surface area (Å²) in [6.45, 7) is 11.8. The van der Waals surface area contributed by atoms with Crippen LogP contribution in [0.1, 0.15) is 53.9 Å². The van der Waals surface area contributed by atoms with Crippen molar-refractivity contribution < 1.29 is 9.16 Å². The van der Waals surface area contributed by atoms with Crippen molar-refractivity contribution in [3.05, 3.63) is 0 Å². The first-order valence-electron chi connectivity index (χ1n) is 6.04. The van der Waals surface area contributed by atoms with Crippen molar-refractivity contribution in [1.82, 2.24) is 0 Å². The quantitative estimate of drug-likeness (QED) is 0.496. The Morgan fingerprint density at radius 3 is 2.27 bits per heavy atom. The van der Waals surface area contributed by atoms with Gasteiger partial charge in [0.25, 0.3) is 0 Å². The van der Waals surface area contributed by atoms with E-state index < -0.39 is 0 Å². The maximum atomic E-state index is 5.79. The van der Waals surface area contributed by atoms with Gasteiger partial charge in [-0.1, -0.05) is 47.5 Å². The molecule has 0 N–H and O–H groups in total. The molecule has 0 aliphatic carbocycles. The first-order valence-corrected chi connectivity index (χ1v) is 6.85. The molecule has 0 heterocycles. The maximum Gasteiger partial charge on any atom is 0.149 e. The summed E-state index contributed by atoms with van der Waals surface area (Å²) in [5.74, 6) is 0.570. The third-order valence-corrected chi connectivity index (χ3v) is 3.40. The highest BCUT2D eigenvalue weighted by Crippen LogP contribution is 2.31. The van der Waals surface area contributed by atoms with Crippen LogP contribution in [-0.4, -0.2) is 23.4 Å². The average Bonchev–Trinajstić information content (AvgIpc) is 2.16. The molecule has 0 saturated carbocycles. The van der Waals surface area contributed by atoms with Crippen LogP contribution in [0.2, 0.25) is 0 Å². The minimum Gasteiger partial charge on any atom is -0.406 e. The molecule has 0 aromatic rings. The third-order valence-electron chi connectivity index (χ3n) is 3.17. The van der Waals surface area contributed by atoms with Crippen LogP contribution in [0.25, 0.3) is 0 Å². The predicted molar refractivity (Wildman–Crippen MR) is 68.9 cm³/mol. The van der Waals surface area contributed by atoms with E-state index in [2.05, 4.69) is 34.6 Å². The van der Waals surface area contributed by atoms with E-state index in [-0.39, 0.29) is 0 Å². The molecule has 0 radical (unpaired) electrons. The van der Waals surface area contributed by atoms with Crippen molar-refractivity contribution in [2.75, 3.05) is 6.79 Å². The topological polar surface area (TPSA) is 18.5 Å². The van der Waals surface area contributed by atoms with Gasteiger partial charge in [0, 0.05) is 0 Å². The molecule has 0 fully saturated rings. The van der Waals surface area contributed by atoms with E-state index in [0.29, 0.717) is 24.2 Å². The number of ether oxygens (including phenoxy) is 1. The molecule has 2 atom stereocenters. The largest absolute Gasteiger partial charge is 0.406 e. The van der Waals surface area contributed by atoms with Crippen LogP contribution in [0.15, 0.2) is 0 Å². The van der Waals surface area contributed by atoms with E-state index in [9.17, 15) is 0 Å². The summed E-state index contributed by atoms with van der Waals surface area (Å²) >= 11 is 0. The fourth-order valence-corrected chi connectivity index (χ4v) is 1.73. The summed E-state index contributed by atoms with van der Waals surface area (Å²) in [6.07, 6.45) is 3.98. The van der Waals surface area contributed by atoms with E-state index in [0.717, 1.165) is 16.9 Å². The van der Waals surface area contributed by atoms with Gasteiger partial charge in [0.15, 0.2) is 0 Å². The monoisotopic (exact) mass is 232 g/mol. The molecule has 2 nitrogen and oxygen atoms in total. The minimum atomic E-state index is 0.309. The summed E-state index contributed by atoms with van der Waals surface area (Å²) in [7, 11) is 0.760. The first-order chi connectivity index (χ1) is 6.93. The van der Waals surface area contributed by atoms with E-state index in [1.54, 1.807) is 0 Å². The standard InChI is InChI=1S/C12H28O2Si/c1-6-7-8-11(13-9-14-15)10(2)12(3,4)5/h10-11H,6-9H2,1-5,15H3. The molecule has 0 aliphatic heterocycles. The lowest BCUT2D eigenvalue weighted by Gasteiger charge is -2.34. The predicted octanol–water partition coefficient (Wildman–Crippen LogP) is 2.50. The highest BCUT2D eigenvalue weighted by Gasteiger charge is 2.28. The number of unbranched alkanes of at least 4 members (excludes halogenated alkanes) is 1. The molecular weight excluding hydrogens is 204 g/mol. The second-order valence-electron chi connectivity index (χ2n) is 5.41. The molecule has 0 saturated heterocycles. The van der Waals surface area contributed by atoms with Crippen molar-refractivity contribution >= 4 is 10.5 Å². The number of hydrogen-bond acceptors (Lipinski definition) is 2. The highest BCUT2D eigenvalue weighted by molar-refractivity contribution is 5.97. The molecule has 0 spiro atoms. The van der Waals surface area contributed by atoms with Crippen LogP contribution in [-0.2, 0) is 9.16 Å². The lowest BCUT2D eigenvalue weighted by Crippen LogP contribution is -2.32. The molecule has 0 aromatic heterocycles. The number of rotatable bonds is 7. The molecule has 92 valence electrons. The van der Waals surface area contributed by atoms with Gasteiger partial charge in [-0.05, 0) is 17.8 Å². The van der Waals surface area contributed by atoms with Gasteiger partial charge in [0.1, 0.15) is 17.3 Å². The van der Waals surface area contributed by atoms with Gasteiger partial charge >= 0.3 is 0 Å². The Bertz CT molecular complexity index is 146. The summed E-state index contributed by atoms with van der Waals surface area (Å²) < 4.78 is 10.9. The lowest BCUT2D eigenvalue weighted by molar-refractivity contribution is -0.0793. The fraction of sp³-hybridized carbons (Fsp3) is 1.00. The number of hydrogen-bond donors (Lipinski definition) is 0. The molecule has 3 heteroatoms. The zero-order valence-corrected chi connectivity index (χ0v) is 13.3. The van der Waals surface area contributed by atoms with Crippen molar-refractivity contribution in [2.45, 2.75) is 60.0 Å². The SMILES string of the molecule is CCCCC(OCO[SiH3])C(C)C(C)(C)C. The Balaban J connectivity index is 4.20. The normalized spacial score (nSPS) is 16.6. The zero-order valence-electron chi connectivity index (χ0n) is 11.3. The molecule has 0 amide bonds. The van der Waals surface area contributed by atoms with E-state index >= 15 is 0 Å². The van der Waals surface area contributed by atoms with Crippen LogP contribution >= 0.6 is 0 Å². The molecule has 15 heavy (non-hydrogen) atoms. The van der Waals surface area contributed by atoms with Crippen LogP contribution in [0.5, 0.6) is 0 Å². The second kappa shape index (κ2) is 7.42. The Morgan fingerprint density at radius 2 is 1.87 bits per heavy atom. The van der Waals surface area contributed by atoms with Crippen molar-refractivity contribution in [2.24, 2.45) is 11.3 Å². The average molecular weight is 232 g/mol. The van der Waals surface area contributed by atoms with E-state index in [1.165, 1.54) is 12.8 Å². The van der Waals surface area contributed by atoms with Crippen LogP contribution < -0.4 is 0 Å². The van der Waals surface area contributed by atoms with E-state index in [1.807, 2.05) is 0 Å². The van der Waals surface area contributed by atoms with Crippen molar-refractivity contribution in [1.29, 1.82) is 0 Å². The molecule has 0 aromatic carbocycles. The summed E-state index contributed by atoms with van der Waals surface area (Å²) in [5, 5.41) is 0. The van der Waals surface area contributed by atoms with Gasteiger partial charge in [-0.3, -0.25) is 0 Å². The van der Waals surface area contributed by atoms with E-state index in [4.69, 9.17) is 9.16 Å². The molecule has 0 aliphatic rings. The smallest absolute Gasteiger partial charge is 0.149 e. The third kappa shape index (κ3) is 6.33. The second-order valence-corrected chi connectivity index (χ2v) is 5.99. The van der Waals surface area contributed by atoms with Gasteiger partial charge in [-0.2, -0.15) is 0 Å². The lowest BCUT2D eigenvalue weighted by atomic mass is 9.77. The van der Waals surface area contributed by atoms with Gasteiger partial charge in [0.2, 0.25) is 0 Å². The molecular formula is C12H28O2Si. The van der Waals surface area contributed by atoms with Crippen LogP contribution in [0.4, 0.5) is 0 Å². The van der Waals surface area contributed by atoms with Crippen molar-refractivity contribution in [3.63, 3.8) is 0 Å². The first kappa shape index (κ1) is 15.1. The Kier molecular flexibility index (Phi) is 7.48. The van der Waals surface area contributed by atoms with Gasteiger partial charge in [-0.25, -0.2) is 0 Å². The Hall–Kier alpha value is 0.137. The Labute approximate surface area is 98.3 Å². The summed E-state index contributed by atoms with van der Waals surface area (Å²) in [5.41, 5.74) is 0.309. The van der Waals surface area contributed by atoms with Gasteiger partial charge in [-0.15, -0.1) is 0 Å². The summed E-state index contributed by atoms with van der Waals surface area (Å²) in [6, 6.07) is 0. The van der Waals surface area contributed by atoms with Gasteiger partial charge < -0.3 is 9.16 Å². The van der Waals surface area contributed by atoms with Crippen LogP contribution in [0, 0.1) is 11.3 Å². The maximum absolute atomic E-state index is 5.79. The fourth-order valence-electron chi connectivity index (χ4n) is 1.60. The summed E-state index contributed by atoms with van der Waals surface area (Å²) in [4.78, 5) is 0. The van der Waals surface area contributed by atoms with Gasteiger partial charge in [0.05, 0.1) is 6.10 Å². The minimum absolute atomic E-state index is 0.309.